The minimum atomic E-state index is -0.0586. The first-order valence-electron chi connectivity index (χ1n) is 7.69. The van der Waals surface area contributed by atoms with E-state index in [2.05, 4.69) is 11.9 Å². The van der Waals surface area contributed by atoms with Crippen LogP contribution in [0.1, 0.15) is 35.8 Å². The van der Waals surface area contributed by atoms with Gasteiger partial charge in [-0.3, -0.25) is 9.78 Å². The van der Waals surface area contributed by atoms with Gasteiger partial charge in [0.25, 0.3) is 0 Å². The Morgan fingerprint density at radius 1 is 1.22 bits per heavy atom. The van der Waals surface area contributed by atoms with Gasteiger partial charge in [-0.05, 0) is 18.6 Å². The Morgan fingerprint density at radius 3 is 2.70 bits per heavy atom. The van der Waals surface area contributed by atoms with Gasteiger partial charge in [0.1, 0.15) is 0 Å². The van der Waals surface area contributed by atoms with Crippen LogP contribution in [-0.2, 0) is 0 Å². The van der Waals surface area contributed by atoms with E-state index in [1.807, 2.05) is 18.2 Å². The molecule has 2 aromatic rings. The van der Waals surface area contributed by atoms with Crippen LogP contribution in [0.25, 0.3) is 6.08 Å². The molecule has 1 aromatic carbocycles. The summed E-state index contributed by atoms with van der Waals surface area (Å²) in [5, 5.41) is 0. The van der Waals surface area contributed by atoms with Crippen molar-refractivity contribution in [3.05, 3.63) is 59.9 Å². The number of methoxy groups -OCH3 is 1. The Morgan fingerprint density at radius 2 is 2.00 bits per heavy atom. The smallest absolute Gasteiger partial charge is 0.185 e. The first kappa shape index (κ1) is 16.7. The zero-order chi connectivity index (χ0) is 16.5. The third-order valence-corrected chi connectivity index (χ3v) is 3.29. The molecular weight excluding hydrogens is 290 g/mol. The number of pyridine rings is 1. The fourth-order valence-corrected chi connectivity index (χ4v) is 1.98. The highest BCUT2D eigenvalue weighted by atomic mass is 16.5. The van der Waals surface area contributed by atoms with Gasteiger partial charge in [0.2, 0.25) is 0 Å². The lowest BCUT2D eigenvalue weighted by Crippen LogP contribution is -2.00. The minimum Gasteiger partial charge on any atom is -0.491 e. The number of carbonyl (C=O) groups excluding carboxylic acids is 1. The van der Waals surface area contributed by atoms with E-state index in [1.54, 1.807) is 37.6 Å². The number of carbonyl (C=O) groups is 1. The van der Waals surface area contributed by atoms with Gasteiger partial charge in [-0.15, -0.1) is 0 Å². The van der Waals surface area contributed by atoms with Gasteiger partial charge in [0, 0.05) is 11.6 Å². The highest BCUT2D eigenvalue weighted by Crippen LogP contribution is 2.27. The number of allylic oxidation sites excluding steroid dienone is 1. The number of hydrogen-bond donors (Lipinski definition) is 0. The summed E-state index contributed by atoms with van der Waals surface area (Å²) in [7, 11) is 1.58. The van der Waals surface area contributed by atoms with Gasteiger partial charge < -0.3 is 9.47 Å². The van der Waals surface area contributed by atoms with Crippen LogP contribution in [0.15, 0.2) is 48.7 Å². The second kappa shape index (κ2) is 8.73. The van der Waals surface area contributed by atoms with Crippen LogP contribution < -0.4 is 9.47 Å². The van der Waals surface area contributed by atoms with Crippen LogP contribution >= 0.6 is 0 Å². The third kappa shape index (κ3) is 4.95. The third-order valence-electron chi connectivity index (χ3n) is 3.29. The summed E-state index contributed by atoms with van der Waals surface area (Å²) >= 11 is 0. The van der Waals surface area contributed by atoms with Crippen LogP contribution in [-0.4, -0.2) is 24.5 Å². The predicted octanol–water partition coefficient (Wildman–Crippen LogP) is 4.17. The fraction of sp³-hybridized carbons (Fsp3) is 0.263. The molecule has 0 bridgehead atoms. The number of unbranched alkanes of at least 4 members (excludes halogenated alkanes) is 1. The second-order valence-electron chi connectivity index (χ2n) is 5.03. The monoisotopic (exact) mass is 311 g/mol. The zero-order valence-corrected chi connectivity index (χ0v) is 13.5. The maximum absolute atomic E-state index is 12.1. The molecule has 4 heteroatoms. The molecule has 0 fully saturated rings. The molecular formula is C19H21NO3. The molecule has 1 heterocycles. The molecule has 0 aliphatic rings. The Hall–Kier alpha value is -2.62. The Labute approximate surface area is 136 Å². The van der Waals surface area contributed by atoms with E-state index in [0.29, 0.717) is 29.4 Å². The van der Waals surface area contributed by atoms with E-state index in [-0.39, 0.29) is 5.78 Å². The predicted molar refractivity (Wildman–Crippen MR) is 91.0 cm³/mol. The van der Waals surface area contributed by atoms with Crippen molar-refractivity contribution in [1.29, 1.82) is 0 Å². The number of rotatable bonds is 8. The largest absolute Gasteiger partial charge is 0.491 e. The molecule has 0 aliphatic heterocycles. The number of ketones is 1. The standard InChI is InChI=1S/C19H21NO3/c1-3-4-12-23-18-13-16(20-14-19(18)22-2)10-11-17(21)15-8-6-5-7-9-15/h5-11,13-14H,3-4,12H2,1-2H3/b11-10+. The summed E-state index contributed by atoms with van der Waals surface area (Å²) in [6.07, 6.45) is 6.84. The summed E-state index contributed by atoms with van der Waals surface area (Å²) in [6, 6.07) is 10.9. The molecule has 0 saturated carbocycles. The van der Waals surface area contributed by atoms with Crippen LogP contribution in [0.3, 0.4) is 0 Å². The van der Waals surface area contributed by atoms with E-state index >= 15 is 0 Å². The van der Waals surface area contributed by atoms with Crippen molar-refractivity contribution in [2.75, 3.05) is 13.7 Å². The van der Waals surface area contributed by atoms with Crippen molar-refractivity contribution in [3.63, 3.8) is 0 Å². The van der Waals surface area contributed by atoms with Crippen LogP contribution in [0, 0.1) is 0 Å². The molecule has 0 atom stereocenters. The van der Waals surface area contributed by atoms with Crippen molar-refractivity contribution in [2.45, 2.75) is 19.8 Å². The highest BCUT2D eigenvalue weighted by molar-refractivity contribution is 6.06. The fourth-order valence-electron chi connectivity index (χ4n) is 1.98. The molecule has 23 heavy (non-hydrogen) atoms. The normalized spacial score (nSPS) is 10.7. The van der Waals surface area contributed by atoms with Gasteiger partial charge in [-0.2, -0.15) is 0 Å². The molecule has 1 aromatic heterocycles. The van der Waals surface area contributed by atoms with Crippen molar-refractivity contribution in [3.8, 4) is 11.5 Å². The quantitative estimate of drug-likeness (QED) is 0.417. The van der Waals surface area contributed by atoms with Gasteiger partial charge in [0.05, 0.1) is 25.6 Å². The Balaban J connectivity index is 2.11. The highest BCUT2D eigenvalue weighted by Gasteiger charge is 2.06. The van der Waals surface area contributed by atoms with Crippen LogP contribution in [0.5, 0.6) is 11.5 Å². The van der Waals surface area contributed by atoms with E-state index in [0.717, 1.165) is 12.8 Å². The van der Waals surface area contributed by atoms with Gasteiger partial charge in [0.15, 0.2) is 17.3 Å². The lowest BCUT2D eigenvalue weighted by molar-refractivity contribution is 0.104. The Bertz CT molecular complexity index is 666. The van der Waals surface area contributed by atoms with E-state index in [4.69, 9.17) is 9.47 Å². The minimum absolute atomic E-state index is 0.0586. The van der Waals surface area contributed by atoms with Crippen molar-refractivity contribution < 1.29 is 14.3 Å². The van der Waals surface area contributed by atoms with Gasteiger partial charge >= 0.3 is 0 Å². The number of nitrogens with zero attached hydrogens (tertiary/aromatic N) is 1. The molecule has 120 valence electrons. The van der Waals surface area contributed by atoms with Crippen molar-refractivity contribution in [1.82, 2.24) is 4.98 Å². The molecule has 2 rings (SSSR count). The lowest BCUT2D eigenvalue weighted by atomic mass is 10.1. The summed E-state index contributed by atoms with van der Waals surface area (Å²) < 4.78 is 11.0. The molecule has 0 unspecified atom stereocenters. The number of aromatic nitrogens is 1. The maximum atomic E-state index is 12.1. The Kier molecular flexibility index (Phi) is 6.36. The summed E-state index contributed by atoms with van der Waals surface area (Å²) in [5.41, 5.74) is 1.30. The SMILES string of the molecule is CCCCOc1cc(/C=C/C(=O)c2ccccc2)ncc1OC. The van der Waals surface area contributed by atoms with E-state index < -0.39 is 0 Å². The summed E-state index contributed by atoms with van der Waals surface area (Å²) in [4.78, 5) is 16.3. The number of hydrogen-bond acceptors (Lipinski definition) is 4. The molecule has 0 N–H and O–H groups in total. The molecule has 0 aliphatic carbocycles. The van der Waals surface area contributed by atoms with Gasteiger partial charge in [-0.1, -0.05) is 43.7 Å². The van der Waals surface area contributed by atoms with Crippen LogP contribution in [0.4, 0.5) is 0 Å². The maximum Gasteiger partial charge on any atom is 0.185 e. The average Bonchev–Trinajstić information content (AvgIpc) is 2.61. The summed E-state index contributed by atoms with van der Waals surface area (Å²) in [6.45, 7) is 2.74. The molecule has 0 amide bonds. The molecule has 4 nitrogen and oxygen atoms in total. The molecule has 0 spiro atoms. The van der Waals surface area contributed by atoms with Gasteiger partial charge in [-0.25, -0.2) is 0 Å². The van der Waals surface area contributed by atoms with Crippen LogP contribution in [0.2, 0.25) is 0 Å². The summed E-state index contributed by atoms with van der Waals surface area (Å²) in [5.74, 6) is 1.17. The average molecular weight is 311 g/mol. The topological polar surface area (TPSA) is 48.4 Å². The molecule has 0 radical (unpaired) electrons. The van der Waals surface area contributed by atoms with Crippen molar-refractivity contribution in [2.24, 2.45) is 0 Å². The molecule has 0 saturated heterocycles. The van der Waals surface area contributed by atoms with E-state index in [1.165, 1.54) is 6.08 Å². The number of benzene rings is 1. The van der Waals surface area contributed by atoms with E-state index in [9.17, 15) is 4.79 Å². The second-order valence-corrected chi connectivity index (χ2v) is 5.03. The first-order valence-corrected chi connectivity index (χ1v) is 7.69. The lowest BCUT2D eigenvalue weighted by Gasteiger charge is -2.10. The number of ether oxygens (including phenoxy) is 2. The van der Waals surface area contributed by atoms with Crippen molar-refractivity contribution >= 4 is 11.9 Å². The first-order chi connectivity index (χ1) is 11.2. The zero-order valence-electron chi connectivity index (χ0n) is 13.5.